The summed E-state index contributed by atoms with van der Waals surface area (Å²) in [7, 11) is 2.20. The maximum absolute atomic E-state index is 10.6. The van der Waals surface area contributed by atoms with Gasteiger partial charge in [-0.05, 0) is 38.4 Å². The first kappa shape index (κ1) is 14.4. The van der Waals surface area contributed by atoms with E-state index in [1.54, 1.807) is 0 Å². The van der Waals surface area contributed by atoms with Crippen molar-refractivity contribution in [3.63, 3.8) is 0 Å². The van der Waals surface area contributed by atoms with E-state index in [1.807, 2.05) is 6.08 Å². The van der Waals surface area contributed by atoms with E-state index in [2.05, 4.69) is 28.2 Å². The van der Waals surface area contributed by atoms with Crippen LogP contribution in [-0.4, -0.2) is 41.8 Å². The second-order valence-electron chi connectivity index (χ2n) is 7.48. The second kappa shape index (κ2) is 4.79. The highest BCUT2D eigenvalue weighted by molar-refractivity contribution is 5.52. The van der Waals surface area contributed by atoms with Crippen LogP contribution in [0.1, 0.15) is 25.7 Å². The van der Waals surface area contributed by atoms with E-state index >= 15 is 0 Å². The molecule has 0 aromatic carbocycles. The molecule has 2 fully saturated rings. The molecular weight excluding hydrogens is 308 g/mol. The van der Waals surface area contributed by atoms with Gasteiger partial charge in [0.25, 0.3) is 0 Å². The number of hydrogen-bond donors (Lipinski definition) is 1. The van der Waals surface area contributed by atoms with Crippen molar-refractivity contribution in [1.29, 1.82) is 0 Å². The number of likely N-dealkylation sites (tertiary alicyclic amines) is 1. The molecule has 0 saturated carbocycles. The summed E-state index contributed by atoms with van der Waals surface area (Å²) < 4.78 is 6.28. The first-order valence-corrected chi connectivity index (χ1v) is 8.57. The smallest absolute Gasteiger partial charge is 0.162 e. The van der Waals surface area contributed by atoms with Crippen LogP contribution in [0.2, 0.25) is 0 Å². The third-order valence-electron chi connectivity index (χ3n) is 6.63. The van der Waals surface area contributed by atoms with Gasteiger partial charge in [0.15, 0.2) is 11.5 Å². The maximum atomic E-state index is 10.6. The largest absolute Gasteiger partial charge is 0.483 e. The number of nitrogens with zero attached hydrogens (tertiary/aromatic N) is 4. The van der Waals surface area contributed by atoms with E-state index in [-0.39, 0.29) is 11.5 Å². The Morgan fingerprint density at radius 1 is 1.46 bits per heavy atom. The fourth-order valence-corrected chi connectivity index (χ4v) is 5.68. The molecule has 0 radical (unpaired) electrons. The number of rotatable bonds is 2. The van der Waals surface area contributed by atoms with E-state index in [1.165, 1.54) is 11.1 Å². The lowest BCUT2D eigenvalue weighted by Gasteiger charge is -2.56. The first-order valence-electron chi connectivity index (χ1n) is 8.57. The van der Waals surface area contributed by atoms with Crippen LogP contribution in [0.3, 0.4) is 0 Å². The Kier molecular flexibility index (Phi) is 2.87. The average Bonchev–Trinajstić information content (AvgIpc) is 2.94. The Morgan fingerprint density at radius 2 is 2.33 bits per heavy atom. The van der Waals surface area contributed by atoms with Crippen molar-refractivity contribution in [2.75, 3.05) is 13.6 Å². The van der Waals surface area contributed by atoms with Gasteiger partial charge >= 0.3 is 0 Å². The van der Waals surface area contributed by atoms with Crippen LogP contribution in [0.25, 0.3) is 10.4 Å². The van der Waals surface area contributed by atoms with Crippen LogP contribution in [0.15, 0.2) is 40.1 Å². The zero-order chi connectivity index (χ0) is 16.5. The Morgan fingerprint density at radius 3 is 3.17 bits per heavy atom. The van der Waals surface area contributed by atoms with E-state index in [4.69, 9.17) is 15.1 Å². The highest BCUT2D eigenvalue weighted by Crippen LogP contribution is 2.65. The van der Waals surface area contributed by atoms with E-state index in [0.29, 0.717) is 24.1 Å². The van der Waals surface area contributed by atoms with Crippen molar-refractivity contribution in [2.45, 2.75) is 43.9 Å². The Bertz CT molecular complexity index is 751. The van der Waals surface area contributed by atoms with Crippen LogP contribution in [0.5, 0.6) is 0 Å². The second-order valence-corrected chi connectivity index (χ2v) is 7.48. The van der Waals surface area contributed by atoms with Gasteiger partial charge in [-0.3, -0.25) is 0 Å². The molecule has 0 aromatic rings. The Balaban J connectivity index is 1.73. The molecular formula is C17H20N4O3. The molecule has 5 atom stereocenters. The van der Waals surface area contributed by atoms with Gasteiger partial charge in [0.2, 0.25) is 0 Å². The molecule has 2 bridgehead atoms. The fourth-order valence-electron chi connectivity index (χ4n) is 5.68. The van der Waals surface area contributed by atoms with Gasteiger partial charge in [-0.2, -0.15) is 0 Å². The summed E-state index contributed by atoms with van der Waals surface area (Å²) in [5.41, 5.74) is 11.1. The minimum atomic E-state index is -0.615. The van der Waals surface area contributed by atoms with Crippen LogP contribution in [0.4, 0.5) is 0 Å². The quantitative estimate of drug-likeness (QED) is 0.277. The molecule has 7 nitrogen and oxygen atoms in total. The van der Waals surface area contributed by atoms with Gasteiger partial charge in [-0.15, -0.1) is 0 Å². The van der Waals surface area contributed by atoms with E-state index in [0.717, 1.165) is 31.6 Å². The first-order chi connectivity index (χ1) is 11.7. The molecule has 5 rings (SSSR count). The SMILES string of the molecule is CN1CC[C@]23C4=C5CCC(ON=[N+]=[N-])=C4O[C@H]2[C@@H](O)C=C[C@H]3[C@H]1C5. The molecule has 5 aliphatic rings. The van der Waals surface area contributed by atoms with Crippen LogP contribution >= 0.6 is 0 Å². The zero-order valence-electron chi connectivity index (χ0n) is 13.6. The normalized spacial score (nSPS) is 42.4. The summed E-state index contributed by atoms with van der Waals surface area (Å²) in [5, 5.41) is 13.9. The van der Waals surface area contributed by atoms with Crippen molar-refractivity contribution in [3.05, 3.63) is 45.3 Å². The number of azide groups is 1. The minimum absolute atomic E-state index is 0.167. The average molecular weight is 328 g/mol. The summed E-state index contributed by atoms with van der Waals surface area (Å²) in [5.74, 6) is 1.68. The van der Waals surface area contributed by atoms with Crippen molar-refractivity contribution in [1.82, 2.24) is 4.90 Å². The van der Waals surface area contributed by atoms with Crippen LogP contribution < -0.4 is 0 Å². The van der Waals surface area contributed by atoms with Gasteiger partial charge < -0.3 is 19.6 Å². The molecule has 2 heterocycles. The number of allylic oxidation sites excluding steroid dienone is 2. The molecule has 126 valence electrons. The summed E-state index contributed by atoms with van der Waals surface area (Å²) in [4.78, 5) is 10.4. The molecule has 0 aromatic heterocycles. The van der Waals surface area contributed by atoms with E-state index < -0.39 is 6.10 Å². The third kappa shape index (κ3) is 1.57. The lowest BCUT2D eigenvalue weighted by molar-refractivity contribution is -0.0800. The van der Waals surface area contributed by atoms with Crippen molar-refractivity contribution in [2.24, 2.45) is 16.6 Å². The molecule has 1 N–H and O–H groups in total. The maximum Gasteiger partial charge on any atom is 0.162 e. The monoisotopic (exact) mass is 328 g/mol. The highest BCUT2D eigenvalue weighted by Gasteiger charge is 2.65. The summed E-state index contributed by atoms with van der Waals surface area (Å²) >= 11 is 0. The predicted octanol–water partition coefficient (Wildman–Crippen LogP) is 2.57. The van der Waals surface area contributed by atoms with E-state index in [9.17, 15) is 5.11 Å². The Hall–Kier alpha value is -1.95. The fraction of sp³-hybridized carbons (Fsp3) is 0.647. The molecule has 7 heteroatoms. The molecule has 2 saturated heterocycles. The van der Waals surface area contributed by atoms with Crippen molar-refractivity contribution in [3.8, 4) is 0 Å². The van der Waals surface area contributed by atoms with Crippen molar-refractivity contribution >= 4 is 0 Å². The molecule has 0 unspecified atom stereocenters. The molecule has 24 heavy (non-hydrogen) atoms. The lowest BCUT2D eigenvalue weighted by atomic mass is 9.52. The zero-order valence-corrected chi connectivity index (χ0v) is 13.6. The van der Waals surface area contributed by atoms with Gasteiger partial charge in [0.05, 0.1) is 0 Å². The standard InChI is InChI=1S/C17H20N4O3/c1-21-7-6-17-10-3-4-12(22)16(17)23-15-13(24-20-19-18)5-2-9(14(15)17)8-11(10)21/h3-4,10-12,16,22H,2,5-8H2,1H3/t10-,11+,12-,16-,17-/m0/s1. The lowest BCUT2D eigenvalue weighted by Crippen LogP contribution is -2.61. The van der Waals surface area contributed by atoms with Crippen LogP contribution in [-0.2, 0) is 9.57 Å². The summed E-state index contributed by atoms with van der Waals surface area (Å²) in [6.45, 7) is 0.998. The van der Waals surface area contributed by atoms with Gasteiger partial charge in [0.1, 0.15) is 17.5 Å². The summed E-state index contributed by atoms with van der Waals surface area (Å²) in [6.07, 6.45) is 6.78. The molecule has 2 aliphatic heterocycles. The topological polar surface area (TPSA) is 90.7 Å². The number of ether oxygens (including phenoxy) is 1. The van der Waals surface area contributed by atoms with Gasteiger partial charge in [0, 0.05) is 34.3 Å². The predicted molar refractivity (Wildman–Crippen MR) is 85.1 cm³/mol. The minimum Gasteiger partial charge on any atom is -0.483 e. The van der Waals surface area contributed by atoms with Crippen molar-refractivity contribution < 1.29 is 14.7 Å². The number of aliphatic hydroxyl groups excluding tert-OH is 1. The van der Waals surface area contributed by atoms with Gasteiger partial charge in [-0.25, -0.2) is 0 Å². The number of aliphatic hydroxyl groups is 1. The molecule has 3 aliphatic carbocycles. The number of piperidine rings is 1. The third-order valence-corrected chi connectivity index (χ3v) is 6.63. The highest BCUT2D eigenvalue weighted by atomic mass is 16.7. The molecule has 0 amide bonds. The van der Waals surface area contributed by atoms with Crippen LogP contribution in [0, 0.1) is 11.3 Å². The summed E-state index contributed by atoms with van der Waals surface area (Å²) in [6, 6.07) is 0.464. The molecule has 1 spiro atoms. The number of hydrogen-bond acceptors (Lipinski definition) is 5. The van der Waals surface area contributed by atoms with Gasteiger partial charge in [-0.1, -0.05) is 17.7 Å². The Labute approximate surface area is 139 Å².